The van der Waals surface area contributed by atoms with Crippen LogP contribution in [0.2, 0.25) is 0 Å². The molecule has 1 aliphatic heterocycles. The lowest BCUT2D eigenvalue weighted by atomic mass is 9.92. The van der Waals surface area contributed by atoms with Crippen LogP contribution in [0.4, 0.5) is 32.0 Å². The van der Waals surface area contributed by atoms with Gasteiger partial charge in [-0.3, -0.25) is 0 Å². The quantitative estimate of drug-likeness (QED) is 0.725. The molecule has 0 radical (unpaired) electrons. The minimum atomic E-state index is -5.87. The molecule has 0 unspecified atom stereocenters. The van der Waals surface area contributed by atoms with E-state index in [1.54, 1.807) is 0 Å². The molecule has 0 aromatic heterocycles. The monoisotopic (exact) mass is 414 g/mol. The van der Waals surface area contributed by atoms with Gasteiger partial charge in [0.2, 0.25) is 0 Å². The van der Waals surface area contributed by atoms with E-state index in [0.717, 1.165) is 0 Å². The van der Waals surface area contributed by atoms with E-state index in [9.17, 15) is 31.4 Å². The molecule has 3 nitrogen and oxygen atoms in total. The van der Waals surface area contributed by atoms with Crippen LogP contribution in [0.5, 0.6) is 0 Å². The molecule has 1 aromatic rings. The molecule has 1 heterocycles. The number of alkyl halides is 6. The van der Waals surface area contributed by atoms with E-state index >= 15 is 0 Å². The third kappa shape index (κ3) is 4.45. The van der Waals surface area contributed by atoms with Gasteiger partial charge < -0.3 is 15.3 Å². The zero-order valence-corrected chi connectivity index (χ0v) is 14.6. The third-order valence-electron chi connectivity index (χ3n) is 3.94. The van der Waals surface area contributed by atoms with Crippen molar-refractivity contribution in [1.29, 1.82) is 0 Å². The van der Waals surface area contributed by atoms with Crippen LogP contribution in [0.15, 0.2) is 24.3 Å². The molecule has 2 rings (SSSR count). The first-order valence-electron chi connectivity index (χ1n) is 6.92. The van der Waals surface area contributed by atoms with Crippen molar-refractivity contribution in [1.82, 2.24) is 5.32 Å². The summed E-state index contributed by atoms with van der Waals surface area (Å²) in [4.78, 5) is 1.88. The van der Waals surface area contributed by atoms with Crippen molar-refractivity contribution >= 4 is 30.5 Å². The highest BCUT2D eigenvalue weighted by Gasteiger charge is 2.71. The van der Waals surface area contributed by atoms with Crippen molar-refractivity contribution in [2.75, 3.05) is 24.5 Å². The molecule has 11 heteroatoms. The lowest BCUT2D eigenvalue weighted by molar-refractivity contribution is -0.376. The number of benzene rings is 1. The van der Waals surface area contributed by atoms with Gasteiger partial charge in [0.15, 0.2) is 0 Å². The summed E-state index contributed by atoms with van der Waals surface area (Å²) < 4.78 is 76.9. The van der Waals surface area contributed by atoms with Crippen molar-refractivity contribution < 1.29 is 31.4 Å². The first-order valence-corrected chi connectivity index (χ1v) is 6.92. The molecule has 1 fully saturated rings. The maximum absolute atomic E-state index is 12.8. The van der Waals surface area contributed by atoms with E-state index in [1.807, 2.05) is 11.8 Å². The molecular formula is C14H18Cl2F6N2O. The van der Waals surface area contributed by atoms with Crippen LogP contribution in [0, 0.1) is 0 Å². The zero-order chi connectivity index (χ0) is 17.5. The number of rotatable bonds is 2. The number of anilines is 1. The smallest absolute Gasteiger partial charge is 0.369 e. The Morgan fingerprint density at radius 1 is 1.00 bits per heavy atom. The Balaban J connectivity index is 0.00000288. The van der Waals surface area contributed by atoms with Gasteiger partial charge in [-0.25, -0.2) is 0 Å². The van der Waals surface area contributed by atoms with Gasteiger partial charge in [-0.15, -0.1) is 24.8 Å². The van der Waals surface area contributed by atoms with E-state index < -0.39 is 23.5 Å². The van der Waals surface area contributed by atoms with Crippen molar-refractivity contribution in [2.24, 2.45) is 0 Å². The maximum atomic E-state index is 12.8. The Hall–Kier alpha value is -0.900. The molecule has 0 spiro atoms. The van der Waals surface area contributed by atoms with Crippen molar-refractivity contribution in [3.63, 3.8) is 0 Å². The minimum Gasteiger partial charge on any atom is -0.369 e. The second kappa shape index (κ2) is 8.20. The molecule has 1 atom stereocenters. The fourth-order valence-corrected chi connectivity index (χ4v) is 2.61. The van der Waals surface area contributed by atoms with Crippen LogP contribution >= 0.6 is 24.8 Å². The van der Waals surface area contributed by atoms with Gasteiger partial charge in [-0.1, -0.05) is 12.1 Å². The number of halogens is 8. The highest BCUT2D eigenvalue weighted by molar-refractivity contribution is 5.85. The topological polar surface area (TPSA) is 35.5 Å². The fraction of sp³-hybridized carbons (Fsp3) is 0.571. The lowest BCUT2D eigenvalue weighted by Crippen LogP contribution is -2.54. The summed E-state index contributed by atoms with van der Waals surface area (Å²) in [6.07, 6.45) is -11.7. The number of aliphatic hydroxyl groups is 1. The van der Waals surface area contributed by atoms with Crippen molar-refractivity contribution in [3.05, 3.63) is 29.8 Å². The van der Waals surface area contributed by atoms with Crippen LogP contribution in [-0.2, 0) is 5.60 Å². The first-order chi connectivity index (χ1) is 10.5. The summed E-state index contributed by atoms with van der Waals surface area (Å²) in [5.74, 6) is 0. The fourth-order valence-electron chi connectivity index (χ4n) is 2.61. The predicted octanol–water partition coefficient (Wildman–Crippen LogP) is 3.64. The number of nitrogens with one attached hydrogen (secondary N) is 1. The molecule has 1 aromatic carbocycles. The Bertz CT molecular complexity index is 536. The molecule has 146 valence electrons. The molecule has 0 saturated carbocycles. The van der Waals surface area contributed by atoms with Crippen LogP contribution < -0.4 is 10.2 Å². The Morgan fingerprint density at radius 3 is 1.88 bits per heavy atom. The number of nitrogens with zero attached hydrogens (tertiary/aromatic N) is 1. The second-order valence-electron chi connectivity index (χ2n) is 5.50. The van der Waals surface area contributed by atoms with Crippen LogP contribution in [0.1, 0.15) is 12.5 Å². The minimum absolute atomic E-state index is 0. The Kier molecular flexibility index (Phi) is 7.90. The number of hydrogen-bond acceptors (Lipinski definition) is 3. The molecule has 25 heavy (non-hydrogen) atoms. The summed E-state index contributed by atoms with van der Waals surface area (Å²) in [5, 5.41) is 12.5. The third-order valence-corrected chi connectivity index (χ3v) is 3.94. The van der Waals surface area contributed by atoms with E-state index in [-0.39, 0.29) is 30.9 Å². The Labute approximate surface area is 153 Å². The normalized spacial score (nSPS) is 19.0. The van der Waals surface area contributed by atoms with Crippen molar-refractivity contribution in [3.8, 4) is 0 Å². The summed E-state index contributed by atoms with van der Waals surface area (Å²) >= 11 is 0. The molecule has 1 saturated heterocycles. The largest absolute Gasteiger partial charge is 0.430 e. The van der Waals surface area contributed by atoms with E-state index in [2.05, 4.69) is 5.32 Å². The van der Waals surface area contributed by atoms with Gasteiger partial charge in [0.05, 0.1) is 0 Å². The van der Waals surface area contributed by atoms with Gasteiger partial charge in [0, 0.05) is 36.9 Å². The van der Waals surface area contributed by atoms with Crippen LogP contribution in [0.3, 0.4) is 0 Å². The van der Waals surface area contributed by atoms with Gasteiger partial charge in [-0.05, 0) is 19.1 Å². The maximum Gasteiger partial charge on any atom is 0.430 e. The van der Waals surface area contributed by atoms with Gasteiger partial charge in [0.25, 0.3) is 5.60 Å². The lowest BCUT2D eigenvalue weighted by Gasteiger charge is -2.37. The van der Waals surface area contributed by atoms with Gasteiger partial charge in [0.1, 0.15) is 0 Å². The van der Waals surface area contributed by atoms with E-state index in [4.69, 9.17) is 0 Å². The highest BCUT2D eigenvalue weighted by atomic mass is 35.5. The highest BCUT2D eigenvalue weighted by Crippen LogP contribution is 2.50. The predicted molar refractivity (Wildman–Crippen MR) is 86.6 cm³/mol. The molecule has 0 amide bonds. The average molecular weight is 415 g/mol. The summed E-state index contributed by atoms with van der Waals surface area (Å²) in [6.45, 7) is 3.81. The average Bonchev–Trinajstić information content (AvgIpc) is 2.45. The number of piperazine rings is 1. The van der Waals surface area contributed by atoms with Gasteiger partial charge >= 0.3 is 12.4 Å². The zero-order valence-electron chi connectivity index (χ0n) is 13.0. The van der Waals surface area contributed by atoms with Crippen molar-refractivity contribution in [2.45, 2.75) is 30.9 Å². The van der Waals surface area contributed by atoms with E-state index in [1.165, 1.54) is 12.1 Å². The van der Waals surface area contributed by atoms with Gasteiger partial charge in [-0.2, -0.15) is 26.3 Å². The van der Waals surface area contributed by atoms with Crippen LogP contribution in [0.25, 0.3) is 0 Å². The van der Waals surface area contributed by atoms with Crippen LogP contribution in [-0.4, -0.2) is 43.1 Å². The van der Waals surface area contributed by atoms with E-state index in [0.29, 0.717) is 37.5 Å². The summed E-state index contributed by atoms with van der Waals surface area (Å²) in [5.41, 5.74) is -5.62. The summed E-state index contributed by atoms with van der Waals surface area (Å²) in [7, 11) is 0. The molecule has 0 bridgehead atoms. The molecular weight excluding hydrogens is 397 g/mol. The molecule has 2 N–H and O–H groups in total. The first kappa shape index (κ1) is 24.1. The SMILES string of the molecule is C[C@H]1CNCCN1c1ccc(C(O)(C(F)(F)F)C(F)(F)F)cc1.Cl.Cl. The Morgan fingerprint density at radius 2 is 1.48 bits per heavy atom. The number of hydrogen-bond donors (Lipinski definition) is 2. The molecule has 0 aliphatic carbocycles. The second-order valence-corrected chi connectivity index (χ2v) is 5.50. The standard InChI is InChI=1S/C14H16F6N2O.2ClH/c1-9-8-21-6-7-22(9)11-4-2-10(3-5-11)12(23,13(15,16)17)14(18,19)20;;/h2-5,9,21,23H,6-8H2,1H3;2*1H/t9-;;/m0../s1. The molecule has 1 aliphatic rings. The summed E-state index contributed by atoms with van der Waals surface area (Å²) in [6, 6.07) is 3.73.